The molecule has 1 saturated carbocycles. The van der Waals surface area contributed by atoms with Gasteiger partial charge in [-0.2, -0.15) is 0 Å². The maximum Gasteiger partial charge on any atom is 0.320 e. The van der Waals surface area contributed by atoms with Crippen molar-refractivity contribution in [3.63, 3.8) is 0 Å². The van der Waals surface area contributed by atoms with E-state index in [-0.39, 0.29) is 12.1 Å². The Balaban J connectivity index is 1.12. The first-order valence-electron chi connectivity index (χ1n) is 10.7. The molecule has 0 atom stereocenters. The Bertz CT molecular complexity index is 845. The van der Waals surface area contributed by atoms with Gasteiger partial charge in [-0.25, -0.2) is 4.79 Å². The summed E-state index contributed by atoms with van der Waals surface area (Å²) in [5.41, 5.74) is 0. The predicted octanol–water partition coefficient (Wildman–Crippen LogP) is 3.58. The lowest BCUT2D eigenvalue weighted by molar-refractivity contribution is 0.0309. The molecule has 1 aliphatic carbocycles. The fourth-order valence-corrected chi connectivity index (χ4v) is 4.55. The van der Waals surface area contributed by atoms with E-state index in [9.17, 15) is 4.79 Å². The van der Waals surface area contributed by atoms with E-state index in [1.165, 1.54) is 30.0 Å². The Morgan fingerprint density at radius 2 is 1.68 bits per heavy atom. The second-order valence-electron chi connectivity index (χ2n) is 8.40. The minimum absolute atomic E-state index is 0.101. The smallest absolute Gasteiger partial charge is 0.320 e. The molecular weight excluding hydrogens is 350 g/mol. The Morgan fingerprint density at radius 3 is 2.46 bits per heavy atom. The SMILES string of the molecule is O=C(N1CCCN(C2CCC2)CC1)N1CC(Oc2ccc3ccccc3c2)C1. The summed E-state index contributed by atoms with van der Waals surface area (Å²) >= 11 is 0. The third kappa shape index (κ3) is 3.55. The van der Waals surface area contributed by atoms with Crippen molar-refractivity contribution >= 4 is 16.8 Å². The molecule has 5 heteroatoms. The van der Waals surface area contributed by atoms with Gasteiger partial charge in [0, 0.05) is 32.2 Å². The zero-order valence-corrected chi connectivity index (χ0v) is 16.4. The van der Waals surface area contributed by atoms with Crippen LogP contribution in [-0.4, -0.2) is 72.1 Å². The molecule has 0 radical (unpaired) electrons. The molecule has 2 amide bonds. The van der Waals surface area contributed by atoms with Crippen LogP contribution >= 0.6 is 0 Å². The number of nitrogens with zero attached hydrogens (tertiary/aromatic N) is 3. The molecule has 2 aromatic rings. The number of urea groups is 1. The molecule has 2 saturated heterocycles. The summed E-state index contributed by atoms with van der Waals surface area (Å²) in [5.74, 6) is 0.890. The van der Waals surface area contributed by atoms with Gasteiger partial charge < -0.3 is 14.5 Å². The molecule has 0 N–H and O–H groups in total. The summed E-state index contributed by atoms with van der Waals surface area (Å²) in [6.07, 6.45) is 5.24. The highest BCUT2D eigenvalue weighted by atomic mass is 16.5. The molecule has 0 bridgehead atoms. The number of carbonyl (C=O) groups excluding carboxylic acids is 1. The van der Waals surface area contributed by atoms with E-state index in [4.69, 9.17) is 4.74 Å². The molecular formula is C23H29N3O2. The van der Waals surface area contributed by atoms with Crippen molar-refractivity contribution in [3.05, 3.63) is 42.5 Å². The quantitative estimate of drug-likeness (QED) is 0.818. The van der Waals surface area contributed by atoms with Gasteiger partial charge in [0.1, 0.15) is 11.9 Å². The summed E-state index contributed by atoms with van der Waals surface area (Å²) in [7, 11) is 0. The number of hydrogen-bond acceptors (Lipinski definition) is 3. The van der Waals surface area contributed by atoms with E-state index in [1.807, 2.05) is 28.0 Å². The molecule has 2 heterocycles. The van der Waals surface area contributed by atoms with Crippen molar-refractivity contribution in [3.8, 4) is 5.75 Å². The second-order valence-corrected chi connectivity index (χ2v) is 8.40. The summed E-state index contributed by atoms with van der Waals surface area (Å²) in [5, 5.41) is 2.41. The number of likely N-dealkylation sites (tertiary alicyclic amines) is 1. The van der Waals surface area contributed by atoms with E-state index < -0.39 is 0 Å². The van der Waals surface area contributed by atoms with Gasteiger partial charge >= 0.3 is 6.03 Å². The molecule has 148 valence electrons. The minimum atomic E-state index is 0.101. The molecule has 3 aliphatic rings. The van der Waals surface area contributed by atoms with Crippen LogP contribution in [0.15, 0.2) is 42.5 Å². The van der Waals surface area contributed by atoms with Crippen LogP contribution in [0, 0.1) is 0 Å². The van der Waals surface area contributed by atoms with Crippen molar-refractivity contribution < 1.29 is 9.53 Å². The molecule has 28 heavy (non-hydrogen) atoms. The average molecular weight is 380 g/mol. The van der Waals surface area contributed by atoms with Crippen LogP contribution in [0.4, 0.5) is 4.79 Å². The van der Waals surface area contributed by atoms with Crippen molar-refractivity contribution in [1.82, 2.24) is 14.7 Å². The van der Waals surface area contributed by atoms with Gasteiger partial charge in [-0.15, -0.1) is 0 Å². The number of hydrogen-bond donors (Lipinski definition) is 0. The Morgan fingerprint density at radius 1 is 0.857 bits per heavy atom. The Labute approximate surface area is 166 Å². The van der Waals surface area contributed by atoms with Gasteiger partial charge in [0.25, 0.3) is 0 Å². The summed E-state index contributed by atoms with van der Waals surface area (Å²) in [4.78, 5) is 19.4. The Hall–Kier alpha value is -2.27. The fraction of sp³-hybridized carbons (Fsp3) is 0.522. The van der Waals surface area contributed by atoms with Gasteiger partial charge in [0.2, 0.25) is 0 Å². The number of ether oxygens (including phenoxy) is 1. The van der Waals surface area contributed by atoms with Crippen LogP contribution in [0.1, 0.15) is 25.7 Å². The lowest BCUT2D eigenvalue weighted by atomic mass is 9.91. The highest BCUT2D eigenvalue weighted by Crippen LogP contribution is 2.27. The Kier molecular flexibility index (Phi) is 4.85. The largest absolute Gasteiger partial charge is 0.487 e. The fourth-order valence-electron chi connectivity index (χ4n) is 4.55. The number of carbonyl (C=O) groups is 1. The normalized spacial score (nSPS) is 21.9. The van der Waals surface area contributed by atoms with Crippen molar-refractivity contribution in [2.45, 2.75) is 37.8 Å². The van der Waals surface area contributed by atoms with E-state index in [0.29, 0.717) is 13.1 Å². The van der Waals surface area contributed by atoms with E-state index in [0.717, 1.165) is 44.4 Å². The van der Waals surface area contributed by atoms with Crippen molar-refractivity contribution in [1.29, 1.82) is 0 Å². The van der Waals surface area contributed by atoms with Crippen molar-refractivity contribution in [2.75, 3.05) is 39.3 Å². The molecule has 3 fully saturated rings. The maximum absolute atomic E-state index is 12.8. The second kappa shape index (κ2) is 7.63. The topological polar surface area (TPSA) is 36.0 Å². The third-order valence-electron chi connectivity index (χ3n) is 6.53. The summed E-state index contributed by atoms with van der Waals surface area (Å²) in [6, 6.07) is 15.5. The van der Waals surface area contributed by atoms with Gasteiger partial charge in [0.15, 0.2) is 0 Å². The number of benzene rings is 2. The standard InChI is InChI=1S/C23H29N3O2/c27-23(25-12-4-11-24(13-14-25)20-7-3-8-20)26-16-22(17-26)28-21-10-9-18-5-1-2-6-19(18)15-21/h1-2,5-6,9-10,15,20,22H,3-4,7-8,11-14,16-17H2. The first kappa shape index (κ1) is 17.8. The van der Waals surface area contributed by atoms with E-state index in [1.54, 1.807) is 0 Å². The van der Waals surface area contributed by atoms with Crippen LogP contribution in [0.2, 0.25) is 0 Å². The third-order valence-corrected chi connectivity index (χ3v) is 6.53. The number of amides is 2. The van der Waals surface area contributed by atoms with Crippen LogP contribution in [0.3, 0.4) is 0 Å². The van der Waals surface area contributed by atoms with Crippen molar-refractivity contribution in [2.24, 2.45) is 0 Å². The molecule has 2 aliphatic heterocycles. The monoisotopic (exact) mass is 379 g/mol. The van der Waals surface area contributed by atoms with Gasteiger partial charge in [0.05, 0.1) is 13.1 Å². The lowest BCUT2D eigenvalue weighted by Crippen LogP contribution is -2.60. The van der Waals surface area contributed by atoms with E-state index in [2.05, 4.69) is 29.2 Å². The highest BCUT2D eigenvalue weighted by molar-refractivity contribution is 5.83. The number of rotatable bonds is 3. The average Bonchev–Trinajstić information content (AvgIpc) is 2.88. The van der Waals surface area contributed by atoms with Crippen LogP contribution < -0.4 is 4.74 Å². The number of fused-ring (bicyclic) bond motifs is 1. The predicted molar refractivity (Wildman–Crippen MR) is 111 cm³/mol. The van der Waals surface area contributed by atoms with Gasteiger partial charge in [-0.3, -0.25) is 4.90 Å². The molecule has 5 rings (SSSR count). The van der Waals surface area contributed by atoms with E-state index >= 15 is 0 Å². The molecule has 0 aromatic heterocycles. The van der Waals surface area contributed by atoms with Crippen LogP contribution in [0.5, 0.6) is 5.75 Å². The molecule has 2 aromatic carbocycles. The summed E-state index contributed by atoms with van der Waals surface area (Å²) < 4.78 is 6.10. The van der Waals surface area contributed by atoms with Gasteiger partial charge in [-0.1, -0.05) is 36.8 Å². The zero-order valence-electron chi connectivity index (χ0n) is 16.4. The minimum Gasteiger partial charge on any atom is -0.487 e. The first-order chi connectivity index (χ1) is 13.8. The molecule has 0 spiro atoms. The summed E-state index contributed by atoms with van der Waals surface area (Å²) in [6.45, 7) is 5.29. The zero-order chi connectivity index (χ0) is 18.9. The first-order valence-corrected chi connectivity index (χ1v) is 10.7. The van der Waals surface area contributed by atoms with Gasteiger partial charge in [-0.05, 0) is 42.2 Å². The molecule has 0 unspecified atom stereocenters. The maximum atomic E-state index is 12.8. The van der Waals surface area contributed by atoms with Crippen LogP contribution in [-0.2, 0) is 0 Å². The molecule has 5 nitrogen and oxygen atoms in total. The van der Waals surface area contributed by atoms with Crippen LogP contribution in [0.25, 0.3) is 10.8 Å². The highest BCUT2D eigenvalue weighted by Gasteiger charge is 2.36. The lowest BCUT2D eigenvalue weighted by Gasteiger charge is -2.41.